The van der Waals surface area contributed by atoms with E-state index in [-0.39, 0.29) is 23.4 Å². The third-order valence-corrected chi connectivity index (χ3v) is 5.04. The number of nitrogens with one attached hydrogen (secondary N) is 1. The first-order valence-electron chi connectivity index (χ1n) is 8.43. The van der Waals surface area contributed by atoms with Crippen LogP contribution in [0.3, 0.4) is 0 Å². The second-order valence-corrected chi connectivity index (χ2v) is 7.09. The van der Waals surface area contributed by atoms with Crippen molar-refractivity contribution in [3.8, 4) is 0 Å². The minimum atomic E-state index is -0.924. The maximum absolute atomic E-state index is 12.2. The molecule has 2 aromatic rings. The Kier molecular flexibility index (Phi) is 6.89. The Bertz CT molecular complexity index is 984. The summed E-state index contributed by atoms with van der Waals surface area (Å²) in [6.07, 6.45) is 0. The molecule has 29 heavy (non-hydrogen) atoms. The molecule has 0 bridgehead atoms. The minimum Gasteiger partial charge on any atom is -0.462 e. The molecule has 0 aliphatic heterocycles. The third kappa shape index (κ3) is 5.08. The number of amides is 1. The number of nitrogens with two attached hydrogens (primary N) is 1. The number of benzene rings is 1. The maximum atomic E-state index is 12.2. The van der Waals surface area contributed by atoms with E-state index in [9.17, 15) is 24.5 Å². The second-order valence-electron chi connectivity index (χ2n) is 5.86. The van der Waals surface area contributed by atoms with Crippen LogP contribution in [0, 0.1) is 24.0 Å². The normalized spacial score (nSPS) is 10.3. The van der Waals surface area contributed by atoms with Crippen LogP contribution in [-0.4, -0.2) is 36.0 Å². The van der Waals surface area contributed by atoms with Gasteiger partial charge >= 0.3 is 11.9 Å². The van der Waals surface area contributed by atoms with E-state index in [1.165, 1.54) is 23.5 Å². The van der Waals surface area contributed by atoms with E-state index < -0.39 is 35.1 Å². The van der Waals surface area contributed by atoms with Gasteiger partial charge in [-0.2, -0.15) is 0 Å². The molecule has 0 radical (unpaired) electrons. The summed E-state index contributed by atoms with van der Waals surface area (Å²) < 4.78 is 9.90. The highest BCUT2D eigenvalue weighted by molar-refractivity contribution is 7.16. The lowest BCUT2D eigenvalue weighted by molar-refractivity contribution is -0.383. The largest absolute Gasteiger partial charge is 0.462 e. The van der Waals surface area contributed by atoms with Crippen molar-refractivity contribution >= 4 is 45.6 Å². The molecule has 0 aliphatic carbocycles. The lowest BCUT2D eigenvalue weighted by Crippen LogP contribution is -2.22. The second kappa shape index (κ2) is 9.15. The molecule has 0 saturated carbocycles. The SMILES string of the molecule is CCOC(=O)c1c(NC(=O)COC(=O)c2ccc(N)c([N+](=O)[O-])c2)sc(C)c1C. The van der Waals surface area contributed by atoms with Crippen LogP contribution in [0.4, 0.5) is 16.4 Å². The van der Waals surface area contributed by atoms with E-state index in [1.54, 1.807) is 20.8 Å². The molecule has 2 rings (SSSR count). The van der Waals surface area contributed by atoms with Gasteiger partial charge in [0, 0.05) is 10.9 Å². The van der Waals surface area contributed by atoms with Gasteiger partial charge in [0.1, 0.15) is 10.7 Å². The lowest BCUT2D eigenvalue weighted by atomic mass is 10.1. The number of rotatable bonds is 7. The lowest BCUT2D eigenvalue weighted by Gasteiger charge is -2.08. The highest BCUT2D eigenvalue weighted by atomic mass is 32.1. The molecular weight excluding hydrogens is 402 g/mol. The molecule has 0 fully saturated rings. The van der Waals surface area contributed by atoms with E-state index >= 15 is 0 Å². The summed E-state index contributed by atoms with van der Waals surface area (Å²) in [4.78, 5) is 47.4. The van der Waals surface area contributed by atoms with E-state index in [1.807, 2.05) is 0 Å². The maximum Gasteiger partial charge on any atom is 0.341 e. The molecule has 10 nitrogen and oxygen atoms in total. The number of hydrogen-bond donors (Lipinski definition) is 2. The number of hydrogen-bond acceptors (Lipinski definition) is 9. The van der Waals surface area contributed by atoms with Gasteiger partial charge in [0.05, 0.1) is 22.7 Å². The fraction of sp³-hybridized carbons (Fsp3) is 0.278. The third-order valence-electron chi connectivity index (χ3n) is 3.92. The number of ether oxygens (including phenoxy) is 2. The molecule has 3 N–H and O–H groups in total. The number of nitrogen functional groups attached to an aromatic ring is 1. The first-order chi connectivity index (χ1) is 13.6. The fourth-order valence-electron chi connectivity index (χ4n) is 2.37. The van der Waals surface area contributed by atoms with Crippen LogP contribution >= 0.6 is 11.3 Å². The number of nitrogens with zero attached hydrogens (tertiary/aromatic N) is 1. The predicted molar refractivity (Wildman–Crippen MR) is 106 cm³/mol. The average molecular weight is 421 g/mol. The van der Waals surface area contributed by atoms with Crippen molar-refractivity contribution in [1.29, 1.82) is 0 Å². The molecule has 154 valence electrons. The minimum absolute atomic E-state index is 0.0979. The van der Waals surface area contributed by atoms with Crippen molar-refractivity contribution in [2.75, 3.05) is 24.3 Å². The zero-order valence-corrected chi connectivity index (χ0v) is 16.8. The molecule has 0 spiro atoms. The molecule has 0 saturated heterocycles. The zero-order valence-electron chi connectivity index (χ0n) is 15.9. The molecule has 11 heteroatoms. The number of thiophene rings is 1. The Morgan fingerprint density at radius 3 is 2.52 bits per heavy atom. The van der Waals surface area contributed by atoms with E-state index in [0.717, 1.165) is 10.9 Å². The Hall–Kier alpha value is -3.47. The molecule has 1 aromatic heterocycles. The van der Waals surface area contributed by atoms with Crippen molar-refractivity contribution in [3.63, 3.8) is 0 Å². The van der Waals surface area contributed by atoms with Crippen molar-refractivity contribution in [1.82, 2.24) is 0 Å². The topological polar surface area (TPSA) is 151 Å². The highest BCUT2D eigenvalue weighted by Gasteiger charge is 2.23. The highest BCUT2D eigenvalue weighted by Crippen LogP contribution is 2.33. The van der Waals surface area contributed by atoms with Gasteiger partial charge in [-0.3, -0.25) is 14.9 Å². The standard InChI is InChI=1S/C18H19N3O7S/c1-4-27-18(24)15-9(2)10(3)29-16(15)20-14(22)8-28-17(23)11-5-6-12(19)13(7-11)21(25)26/h5-7H,4,8,19H2,1-3H3,(H,20,22). The first kappa shape index (κ1) is 21.8. The summed E-state index contributed by atoms with van der Waals surface area (Å²) in [6, 6.07) is 3.44. The van der Waals surface area contributed by atoms with Crippen LogP contribution in [0.1, 0.15) is 38.1 Å². The van der Waals surface area contributed by atoms with Crippen molar-refractivity contribution in [3.05, 3.63) is 49.9 Å². The summed E-state index contributed by atoms with van der Waals surface area (Å²) >= 11 is 1.20. The summed E-state index contributed by atoms with van der Waals surface area (Å²) in [7, 11) is 0. The molecular formula is C18H19N3O7S. The average Bonchev–Trinajstić information content (AvgIpc) is 2.93. The van der Waals surface area contributed by atoms with Gasteiger partial charge < -0.3 is 20.5 Å². The van der Waals surface area contributed by atoms with Crippen molar-refractivity contribution < 1.29 is 28.8 Å². The van der Waals surface area contributed by atoms with Crippen LogP contribution in [0.25, 0.3) is 0 Å². The van der Waals surface area contributed by atoms with Gasteiger partial charge in [-0.05, 0) is 38.5 Å². The molecule has 0 atom stereocenters. The number of carbonyl (C=O) groups excluding carboxylic acids is 3. The quantitative estimate of drug-likeness (QED) is 0.300. The molecule has 0 aliphatic rings. The number of nitro benzene ring substituents is 1. The van der Waals surface area contributed by atoms with Crippen LogP contribution in [0.5, 0.6) is 0 Å². The molecule has 1 amide bonds. The van der Waals surface area contributed by atoms with Crippen LogP contribution < -0.4 is 11.1 Å². The summed E-state index contributed by atoms with van der Waals surface area (Å²) in [5.74, 6) is -2.15. The van der Waals surface area contributed by atoms with Gasteiger partial charge in [-0.1, -0.05) is 0 Å². The van der Waals surface area contributed by atoms with Gasteiger partial charge in [0.2, 0.25) is 0 Å². The van der Waals surface area contributed by atoms with Crippen LogP contribution in [0.2, 0.25) is 0 Å². The summed E-state index contributed by atoms with van der Waals surface area (Å²) in [6.45, 7) is 4.75. The smallest absolute Gasteiger partial charge is 0.341 e. The van der Waals surface area contributed by atoms with Gasteiger partial charge in [-0.25, -0.2) is 9.59 Å². The number of esters is 2. The number of anilines is 2. The van der Waals surface area contributed by atoms with Crippen molar-refractivity contribution in [2.45, 2.75) is 20.8 Å². The Balaban J connectivity index is 2.07. The predicted octanol–water partition coefficient (Wildman–Crippen LogP) is 2.83. The van der Waals surface area contributed by atoms with Crippen LogP contribution in [-0.2, 0) is 14.3 Å². The van der Waals surface area contributed by atoms with E-state index in [4.69, 9.17) is 15.2 Å². The van der Waals surface area contributed by atoms with Crippen molar-refractivity contribution in [2.24, 2.45) is 0 Å². The Morgan fingerprint density at radius 2 is 1.90 bits per heavy atom. The van der Waals surface area contributed by atoms with Gasteiger partial charge in [-0.15, -0.1) is 11.3 Å². The summed E-state index contributed by atoms with van der Waals surface area (Å²) in [5, 5.41) is 13.7. The number of nitro groups is 1. The molecule has 0 unspecified atom stereocenters. The van der Waals surface area contributed by atoms with Crippen LogP contribution in [0.15, 0.2) is 18.2 Å². The number of carbonyl (C=O) groups is 3. The Labute approximate surface area is 169 Å². The zero-order chi connectivity index (χ0) is 21.7. The monoisotopic (exact) mass is 421 g/mol. The molecule has 1 heterocycles. The Morgan fingerprint density at radius 1 is 1.21 bits per heavy atom. The number of aryl methyl sites for hydroxylation is 1. The van der Waals surface area contributed by atoms with Gasteiger partial charge in [0.25, 0.3) is 11.6 Å². The fourth-order valence-corrected chi connectivity index (χ4v) is 3.43. The first-order valence-corrected chi connectivity index (χ1v) is 9.25. The van der Waals surface area contributed by atoms with E-state index in [0.29, 0.717) is 10.6 Å². The molecule has 1 aromatic carbocycles. The summed E-state index contributed by atoms with van der Waals surface area (Å²) in [5.41, 5.74) is 5.77. The van der Waals surface area contributed by atoms with E-state index in [2.05, 4.69) is 5.32 Å². The van der Waals surface area contributed by atoms with Gasteiger partial charge in [0.15, 0.2) is 6.61 Å².